The van der Waals surface area contributed by atoms with Crippen LogP contribution in [-0.2, 0) is 9.53 Å². The number of aliphatic hydroxyl groups excluding tert-OH is 1. The number of thiophene rings is 1. The monoisotopic (exact) mass is 367 g/mol. The molecule has 0 aliphatic heterocycles. The van der Waals surface area contributed by atoms with Crippen LogP contribution >= 0.6 is 22.9 Å². The van der Waals surface area contributed by atoms with Gasteiger partial charge in [-0.2, -0.15) is 0 Å². The van der Waals surface area contributed by atoms with Gasteiger partial charge in [-0.15, -0.1) is 11.3 Å². The molecule has 0 spiro atoms. The average molecular weight is 368 g/mol. The zero-order valence-electron chi connectivity index (χ0n) is 12.9. The lowest BCUT2D eigenvalue weighted by Gasteiger charge is -2.05. The Hall–Kier alpha value is -1.92. The van der Waals surface area contributed by atoms with Gasteiger partial charge in [0, 0.05) is 16.3 Å². The number of aliphatic hydroxyl groups is 1. The van der Waals surface area contributed by atoms with Gasteiger partial charge in [0.2, 0.25) is 0 Å². The number of hydrogen-bond donors (Lipinski definition) is 1. The van der Waals surface area contributed by atoms with Gasteiger partial charge in [0.05, 0.1) is 22.5 Å². The fourth-order valence-corrected chi connectivity index (χ4v) is 3.64. The number of aliphatic imine (C=N–C) groups is 1. The summed E-state index contributed by atoms with van der Waals surface area (Å²) < 4.78 is 18.9. The minimum absolute atomic E-state index is 0.0438. The number of benzene rings is 1. The third-order valence-corrected chi connectivity index (χ3v) is 5.18. The fraction of sp³-hybridized carbons (Fsp3) is 0.294. The number of fused-ring (bicyclic) bond motifs is 1. The summed E-state index contributed by atoms with van der Waals surface area (Å²) in [5.41, 5.74) is -0.0438. The average Bonchev–Trinajstić information content (AvgIpc) is 3.31. The number of hydrogen-bond acceptors (Lipinski definition) is 5. The van der Waals surface area contributed by atoms with Crippen molar-refractivity contribution >= 4 is 51.0 Å². The van der Waals surface area contributed by atoms with E-state index in [9.17, 15) is 14.3 Å². The molecule has 0 saturated heterocycles. The molecular weight excluding hydrogens is 353 g/mol. The first-order chi connectivity index (χ1) is 11.5. The molecule has 1 N–H and O–H groups in total. The van der Waals surface area contributed by atoms with Crippen molar-refractivity contribution in [2.45, 2.75) is 25.8 Å². The van der Waals surface area contributed by atoms with E-state index in [1.54, 1.807) is 13.0 Å². The van der Waals surface area contributed by atoms with Gasteiger partial charge in [-0.1, -0.05) is 11.6 Å². The first-order valence-corrected chi connectivity index (χ1v) is 8.72. The first kappa shape index (κ1) is 16.9. The van der Waals surface area contributed by atoms with E-state index in [4.69, 9.17) is 16.3 Å². The van der Waals surface area contributed by atoms with Gasteiger partial charge in [0.15, 0.2) is 0 Å². The Morgan fingerprint density at radius 1 is 1.54 bits per heavy atom. The molecule has 0 atom stereocenters. The molecule has 1 aromatic carbocycles. The van der Waals surface area contributed by atoms with Crippen LogP contribution in [0.2, 0.25) is 5.02 Å². The normalized spacial score (nSPS) is 15.8. The Bertz CT molecular complexity index is 855. The molecule has 2 aromatic rings. The predicted octanol–water partition coefficient (Wildman–Crippen LogP) is 4.76. The maximum absolute atomic E-state index is 13.4. The molecule has 0 bridgehead atoms. The number of esters is 1. The van der Waals surface area contributed by atoms with Crippen molar-refractivity contribution < 1.29 is 19.0 Å². The lowest BCUT2D eigenvalue weighted by molar-refractivity contribution is -0.137. The molecule has 0 radical (unpaired) electrons. The van der Waals surface area contributed by atoms with Gasteiger partial charge >= 0.3 is 5.97 Å². The summed E-state index contributed by atoms with van der Waals surface area (Å²) >= 11 is 7.41. The standard InChI is InChI=1S/C17H15ClFNO3S/c1-2-23-17(22)12(8-20-10-4-5-10)15(21)16-14(18)11-6-3-9(19)7-13(11)24-16/h3,6-8,10,21H,2,4-5H2,1H3/b15-12+,20-8?. The van der Waals surface area contributed by atoms with Crippen LogP contribution in [0.25, 0.3) is 15.8 Å². The highest BCUT2D eigenvalue weighted by Gasteiger charge is 2.24. The second kappa shape index (κ2) is 6.91. The van der Waals surface area contributed by atoms with Crippen LogP contribution in [-0.4, -0.2) is 29.9 Å². The lowest BCUT2D eigenvalue weighted by atomic mass is 10.2. The van der Waals surface area contributed by atoms with Crippen LogP contribution in [0.4, 0.5) is 4.39 Å². The van der Waals surface area contributed by atoms with Gasteiger partial charge < -0.3 is 9.84 Å². The second-order valence-corrected chi connectivity index (χ2v) is 6.81. The van der Waals surface area contributed by atoms with Crippen LogP contribution in [0, 0.1) is 5.82 Å². The summed E-state index contributed by atoms with van der Waals surface area (Å²) in [6.07, 6.45) is 3.28. The minimum Gasteiger partial charge on any atom is -0.505 e. The molecule has 1 aliphatic carbocycles. The molecule has 0 amide bonds. The van der Waals surface area contributed by atoms with Gasteiger partial charge in [0.25, 0.3) is 0 Å². The van der Waals surface area contributed by atoms with Crippen molar-refractivity contribution in [3.8, 4) is 0 Å². The molecular formula is C17H15ClFNO3S. The number of carbonyl (C=O) groups is 1. The summed E-state index contributed by atoms with van der Waals surface area (Å²) in [5.74, 6) is -1.36. The summed E-state index contributed by atoms with van der Waals surface area (Å²) in [4.78, 5) is 16.7. The molecule has 126 valence electrons. The smallest absolute Gasteiger partial charge is 0.343 e. The van der Waals surface area contributed by atoms with Crippen LogP contribution in [0.5, 0.6) is 0 Å². The van der Waals surface area contributed by atoms with E-state index in [1.807, 2.05) is 0 Å². The molecule has 4 nitrogen and oxygen atoms in total. The zero-order chi connectivity index (χ0) is 17.3. The SMILES string of the molecule is CCOC(=O)/C(C=NC1CC1)=C(/O)c1sc2cc(F)ccc2c1Cl. The van der Waals surface area contributed by atoms with Crippen molar-refractivity contribution in [1.29, 1.82) is 0 Å². The number of ether oxygens (including phenoxy) is 1. The Morgan fingerprint density at radius 3 is 2.96 bits per heavy atom. The number of halogens is 2. The Kier molecular flexibility index (Phi) is 4.87. The van der Waals surface area contributed by atoms with E-state index in [2.05, 4.69) is 4.99 Å². The van der Waals surface area contributed by atoms with E-state index in [0.29, 0.717) is 15.0 Å². The summed E-state index contributed by atoms with van der Waals surface area (Å²) in [6.45, 7) is 1.86. The van der Waals surface area contributed by atoms with Gasteiger partial charge in [0.1, 0.15) is 17.1 Å². The molecule has 7 heteroatoms. The maximum Gasteiger partial charge on any atom is 0.343 e. The Morgan fingerprint density at radius 2 is 2.29 bits per heavy atom. The van der Waals surface area contributed by atoms with E-state index in [1.165, 1.54) is 18.3 Å². The third kappa shape index (κ3) is 3.44. The largest absolute Gasteiger partial charge is 0.505 e. The molecule has 1 saturated carbocycles. The van der Waals surface area contributed by atoms with Crippen LogP contribution in [0.1, 0.15) is 24.6 Å². The summed E-state index contributed by atoms with van der Waals surface area (Å²) in [6, 6.07) is 4.37. The van der Waals surface area contributed by atoms with Crippen LogP contribution in [0.15, 0.2) is 28.8 Å². The number of rotatable bonds is 5. The summed E-state index contributed by atoms with van der Waals surface area (Å²) in [5, 5.41) is 11.5. The predicted molar refractivity (Wildman–Crippen MR) is 94.5 cm³/mol. The Labute approximate surface area is 147 Å². The van der Waals surface area contributed by atoms with Crippen molar-refractivity contribution in [3.63, 3.8) is 0 Å². The quantitative estimate of drug-likeness (QED) is 0.359. The highest BCUT2D eigenvalue weighted by Crippen LogP contribution is 2.39. The molecule has 3 rings (SSSR count). The van der Waals surface area contributed by atoms with Gasteiger partial charge in [-0.05, 0) is 38.0 Å². The summed E-state index contributed by atoms with van der Waals surface area (Å²) in [7, 11) is 0. The Balaban J connectivity index is 2.09. The molecule has 1 fully saturated rings. The van der Waals surface area contributed by atoms with Crippen molar-refractivity contribution in [2.75, 3.05) is 6.61 Å². The zero-order valence-corrected chi connectivity index (χ0v) is 14.5. The van der Waals surface area contributed by atoms with Gasteiger partial charge in [-0.3, -0.25) is 4.99 Å². The van der Waals surface area contributed by atoms with E-state index in [-0.39, 0.29) is 29.0 Å². The van der Waals surface area contributed by atoms with Crippen molar-refractivity contribution in [3.05, 3.63) is 39.5 Å². The first-order valence-electron chi connectivity index (χ1n) is 7.52. The van der Waals surface area contributed by atoms with Crippen molar-refractivity contribution in [1.82, 2.24) is 0 Å². The van der Waals surface area contributed by atoms with E-state index < -0.39 is 11.8 Å². The fourth-order valence-electron chi connectivity index (χ4n) is 2.14. The molecule has 0 unspecified atom stereocenters. The van der Waals surface area contributed by atoms with Crippen LogP contribution in [0.3, 0.4) is 0 Å². The highest BCUT2D eigenvalue weighted by molar-refractivity contribution is 7.20. The lowest BCUT2D eigenvalue weighted by Crippen LogP contribution is -2.11. The van der Waals surface area contributed by atoms with E-state index in [0.717, 1.165) is 24.2 Å². The van der Waals surface area contributed by atoms with Crippen LogP contribution < -0.4 is 0 Å². The molecule has 1 aliphatic rings. The molecule has 24 heavy (non-hydrogen) atoms. The minimum atomic E-state index is -0.667. The number of nitrogens with zero attached hydrogens (tertiary/aromatic N) is 1. The number of carbonyl (C=O) groups excluding carboxylic acids is 1. The third-order valence-electron chi connectivity index (χ3n) is 3.52. The molecule has 1 heterocycles. The van der Waals surface area contributed by atoms with Gasteiger partial charge in [-0.25, -0.2) is 9.18 Å². The molecule has 1 aromatic heterocycles. The topological polar surface area (TPSA) is 58.9 Å². The maximum atomic E-state index is 13.4. The second-order valence-electron chi connectivity index (χ2n) is 5.38. The van der Waals surface area contributed by atoms with E-state index >= 15 is 0 Å². The van der Waals surface area contributed by atoms with Crippen molar-refractivity contribution in [2.24, 2.45) is 4.99 Å². The highest BCUT2D eigenvalue weighted by atomic mass is 35.5.